The zero-order chi connectivity index (χ0) is 14.7. The first kappa shape index (κ1) is 14.9. The smallest absolute Gasteiger partial charge is 0.284 e. The molecule has 7 heteroatoms. The zero-order valence-electron chi connectivity index (χ0n) is 11.1. The first-order valence-corrected chi connectivity index (χ1v) is 7.20. The van der Waals surface area contributed by atoms with Gasteiger partial charge in [0.15, 0.2) is 0 Å². The number of nitro benzene ring substituents is 1. The van der Waals surface area contributed by atoms with Crippen molar-refractivity contribution in [3.8, 4) is 0 Å². The lowest BCUT2D eigenvalue weighted by molar-refractivity contribution is -0.385. The van der Waals surface area contributed by atoms with Crippen molar-refractivity contribution in [2.45, 2.75) is 18.9 Å². The van der Waals surface area contributed by atoms with Crippen LogP contribution in [-0.4, -0.2) is 41.9 Å². The Balaban J connectivity index is 1.91. The van der Waals surface area contributed by atoms with Crippen LogP contribution in [0.2, 0.25) is 0 Å². The van der Waals surface area contributed by atoms with Crippen LogP contribution < -0.4 is 5.32 Å². The molecule has 0 atom stereocenters. The van der Waals surface area contributed by atoms with Gasteiger partial charge in [-0.1, -0.05) is 0 Å². The molecule has 2 rings (SSSR count). The van der Waals surface area contributed by atoms with Gasteiger partial charge in [0.25, 0.3) is 11.6 Å². The van der Waals surface area contributed by atoms with E-state index in [-0.39, 0.29) is 11.6 Å². The Morgan fingerprint density at radius 2 is 2.25 bits per heavy atom. The van der Waals surface area contributed by atoms with Gasteiger partial charge in [0.2, 0.25) is 0 Å². The summed E-state index contributed by atoms with van der Waals surface area (Å²) in [5.74, 6) is -0.287. The highest BCUT2D eigenvalue weighted by Gasteiger charge is 2.25. The maximum absolute atomic E-state index is 11.9. The van der Waals surface area contributed by atoms with Crippen molar-refractivity contribution in [3.05, 3.63) is 38.3 Å². The summed E-state index contributed by atoms with van der Waals surface area (Å²) in [5, 5.41) is 13.6. The van der Waals surface area contributed by atoms with Gasteiger partial charge in [-0.05, 0) is 48.0 Å². The molecule has 1 N–H and O–H groups in total. The number of nitrogens with one attached hydrogen (secondary N) is 1. The molecule has 1 saturated carbocycles. The quantitative estimate of drug-likeness (QED) is 0.635. The van der Waals surface area contributed by atoms with Crippen molar-refractivity contribution < 1.29 is 9.72 Å². The van der Waals surface area contributed by atoms with Crippen LogP contribution in [0.1, 0.15) is 23.2 Å². The molecule has 1 amide bonds. The van der Waals surface area contributed by atoms with Gasteiger partial charge in [0, 0.05) is 30.8 Å². The van der Waals surface area contributed by atoms with E-state index in [0.29, 0.717) is 22.6 Å². The molecular weight excluding hydrogens is 326 g/mol. The number of likely N-dealkylation sites (N-methyl/N-ethyl adjacent to an activating group) is 1. The normalized spacial score (nSPS) is 14.3. The molecular formula is C13H16BrN3O3. The predicted octanol–water partition coefficient (Wildman–Crippen LogP) is 2.18. The molecule has 1 aliphatic rings. The first-order valence-electron chi connectivity index (χ1n) is 6.41. The monoisotopic (exact) mass is 341 g/mol. The van der Waals surface area contributed by atoms with Crippen molar-refractivity contribution >= 4 is 27.5 Å². The Kier molecular flexibility index (Phi) is 4.72. The number of nitrogens with zero attached hydrogens (tertiary/aromatic N) is 2. The number of nitro groups is 1. The fraction of sp³-hybridized carbons (Fsp3) is 0.462. The van der Waals surface area contributed by atoms with Gasteiger partial charge in [-0.25, -0.2) is 0 Å². The molecule has 0 bridgehead atoms. The van der Waals surface area contributed by atoms with E-state index in [9.17, 15) is 14.9 Å². The highest BCUT2D eigenvalue weighted by Crippen LogP contribution is 2.26. The molecule has 1 aromatic carbocycles. The van der Waals surface area contributed by atoms with E-state index in [2.05, 4.69) is 26.1 Å². The van der Waals surface area contributed by atoms with Gasteiger partial charge in [-0.15, -0.1) is 0 Å². The second-order valence-corrected chi connectivity index (χ2v) is 5.75. The number of halogens is 1. The number of hydrogen-bond donors (Lipinski definition) is 1. The Bertz CT molecular complexity index is 532. The molecule has 0 aliphatic heterocycles. The maximum atomic E-state index is 11.9. The van der Waals surface area contributed by atoms with Crippen LogP contribution >= 0.6 is 15.9 Å². The van der Waals surface area contributed by atoms with Gasteiger partial charge >= 0.3 is 0 Å². The minimum Gasteiger partial charge on any atom is -0.351 e. The van der Waals surface area contributed by atoms with Crippen molar-refractivity contribution in [2.24, 2.45) is 0 Å². The lowest BCUT2D eigenvalue weighted by Crippen LogP contribution is -2.33. The van der Waals surface area contributed by atoms with E-state index in [1.807, 2.05) is 7.05 Å². The third-order valence-electron chi connectivity index (χ3n) is 3.33. The van der Waals surface area contributed by atoms with Gasteiger partial charge in [0.05, 0.1) is 9.40 Å². The fourth-order valence-corrected chi connectivity index (χ4v) is 2.33. The van der Waals surface area contributed by atoms with Crippen molar-refractivity contribution in [3.63, 3.8) is 0 Å². The standard InChI is InChI=1S/C13H16BrN3O3/c1-16(10-3-4-10)7-6-15-13(18)9-2-5-11(14)12(8-9)17(19)20/h2,5,8,10H,3-4,6-7H2,1H3,(H,15,18). The van der Waals surface area contributed by atoms with Crippen LogP contribution in [0.4, 0.5) is 5.69 Å². The first-order chi connectivity index (χ1) is 9.49. The number of benzene rings is 1. The third kappa shape index (κ3) is 3.77. The molecule has 108 valence electrons. The van der Waals surface area contributed by atoms with Gasteiger partial charge < -0.3 is 10.2 Å². The summed E-state index contributed by atoms with van der Waals surface area (Å²) in [6.45, 7) is 1.32. The second-order valence-electron chi connectivity index (χ2n) is 4.89. The predicted molar refractivity (Wildman–Crippen MR) is 78.8 cm³/mol. The summed E-state index contributed by atoms with van der Waals surface area (Å²) < 4.78 is 0.368. The summed E-state index contributed by atoms with van der Waals surface area (Å²) in [5.41, 5.74) is 0.196. The summed E-state index contributed by atoms with van der Waals surface area (Å²) in [4.78, 5) is 24.4. The highest BCUT2D eigenvalue weighted by atomic mass is 79.9. The van der Waals surface area contributed by atoms with E-state index in [1.54, 1.807) is 6.07 Å². The van der Waals surface area contributed by atoms with Gasteiger partial charge in [-0.3, -0.25) is 14.9 Å². The van der Waals surface area contributed by atoms with E-state index < -0.39 is 4.92 Å². The average molecular weight is 342 g/mol. The van der Waals surface area contributed by atoms with Crippen molar-refractivity contribution in [2.75, 3.05) is 20.1 Å². The van der Waals surface area contributed by atoms with Crippen LogP contribution in [0.25, 0.3) is 0 Å². The summed E-state index contributed by atoms with van der Waals surface area (Å²) in [7, 11) is 2.04. The molecule has 0 heterocycles. The molecule has 0 aromatic heterocycles. The Hall–Kier alpha value is -1.47. The molecule has 0 spiro atoms. The van der Waals surface area contributed by atoms with Crippen molar-refractivity contribution in [1.29, 1.82) is 0 Å². The lowest BCUT2D eigenvalue weighted by Gasteiger charge is -2.15. The second kappa shape index (κ2) is 6.32. The fourth-order valence-electron chi connectivity index (χ4n) is 1.94. The number of amides is 1. The van der Waals surface area contributed by atoms with Crippen molar-refractivity contribution in [1.82, 2.24) is 10.2 Å². The Labute approximate surface area is 125 Å². The number of carbonyl (C=O) groups is 1. The average Bonchev–Trinajstić information content (AvgIpc) is 3.22. The van der Waals surface area contributed by atoms with E-state index >= 15 is 0 Å². The van der Waals surface area contributed by atoms with Crippen LogP contribution in [0.15, 0.2) is 22.7 Å². The van der Waals surface area contributed by atoms with E-state index in [0.717, 1.165) is 6.54 Å². The van der Waals surface area contributed by atoms with E-state index in [4.69, 9.17) is 0 Å². The van der Waals surface area contributed by atoms with Gasteiger partial charge in [-0.2, -0.15) is 0 Å². The minimum atomic E-state index is -0.512. The number of hydrogen-bond acceptors (Lipinski definition) is 4. The highest BCUT2D eigenvalue weighted by molar-refractivity contribution is 9.10. The third-order valence-corrected chi connectivity index (χ3v) is 4.00. The molecule has 0 unspecified atom stereocenters. The molecule has 0 radical (unpaired) electrons. The number of carbonyl (C=O) groups excluding carboxylic acids is 1. The summed E-state index contributed by atoms with van der Waals surface area (Å²) >= 11 is 3.09. The Morgan fingerprint density at radius 3 is 2.85 bits per heavy atom. The molecule has 1 aromatic rings. The van der Waals surface area contributed by atoms with Crippen LogP contribution in [-0.2, 0) is 0 Å². The molecule has 20 heavy (non-hydrogen) atoms. The summed E-state index contributed by atoms with van der Waals surface area (Å²) in [6.07, 6.45) is 2.45. The van der Waals surface area contributed by atoms with E-state index in [1.165, 1.54) is 25.0 Å². The van der Waals surface area contributed by atoms with Crippen LogP contribution in [0, 0.1) is 10.1 Å². The van der Waals surface area contributed by atoms with Crippen LogP contribution in [0.3, 0.4) is 0 Å². The maximum Gasteiger partial charge on any atom is 0.284 e. The van der Waals surface area contributed by atoms with Crippen LogP contribution in [0.5, 0.6) is 0 Å². The lowest BCUT2D eigenvalue weighted by atomic mass is 10.2. The largest absolute Gasteiger partial charge is 0.351 e. The zero-order valence-corrected chi connectivity index (χ0v) is 12.7. The summed E-state index contributed by atoms with van der Waals surface area (Å²) in [6, 6.07) is 5.02. The molecule has 1 fully saturated rings. The SMILES string of the molecule is CN(CCNC(=O)c1ccc(Br)c([N+](=O)[O-])c1)C1CC1. The van der Waals surface area contributed by atoms with Gasteiger partial charge in [0.1, 0.15) is 0 Å². The molecule has 1 aliphatic carbocycles. The Morgan fingerprint density at radius 1 is 1.55 bits per heavy atom. The number of rotatable bonds is 6. The minimum absolute atomic E-state index is 0.104. The molecule has 0 saturated heterocycles. The molecule has 6 nitrogen and oxygen atoms in total. The topological polar surface area (TPSA) is 75.5 Å².